The first-order valence-electron chi connectivity index (χ1n) is 6.25. The van der Waals surface area contributed by atoms with Gasteiger partial charge in [0.1, 0.15) is 11.6 Å². The van der Waals surface area contributed by atoms with E-state index < -0.39 is 11.6 Å². The molecule has 0 aliphatic carbocycles. The van der Waals surface area contributed by atoms with Crippen LogP contribution < -0.4 is 11.3 Å². The first-order chi connectivity index (χ1) is 9.04. The Labute approximate surface area is 120 Å². The van der Waals surface area contributed by atoms with Gasteiger partial charge in [-0.3, -0.25) is 11.3 Å². The standard InChI is InChI=1S/C13H19BrF2N2O/c1-3-12(19-4-2)11(18-17)7-8-10(15)6-5-9(14)13(8)16/h5-6,11-12,18H,3-4,7,17H2,1-2H3. The lowest BCUT2D eigenvalue weighted by Crippen LogP contribution is -2.46. The molecule has 0 radical (unpaired) electrons. The molecule has 0 aliphatic heterocycles. The van der Waals surface area contributed by atoms with E-state index in [9.17, 15) is 8.78 Å². The number of nitrogens with two attached hydrogens (primary N) is 1. The lowest BCUT2D eigenvalue weighted by molar-refractivity contribution is 0.0315. The van der Waals surface area contributed by atoms with E-state index in [0.29, 0.717) is 13.0 Å². The molecule has 0 heterocycles. The Morgan fingerprint density at radius 2 is 2.05 bits per heavy atom. The Hall–Kier alpha value is -0.560. The molecule has 0 bridgehead atoms. The zero-order chi connectivity index (χ0) is 14.4. The average Bonchev–Trinajstić information content (AvgIpc) is 2.41. The Bertz CT molecular complexity index is 418. The topological polar surface area (TPSA) is 47.3 Å². The van der Waals surface area contributed by atoms with Crippen molar-refractivity contribution in [2.75, 3.05) is 6.61 Å². The molecular formula is C13H19BrF2N2O. The first kappa shape index (κ1) is 16.5. The molecule has 0 fully saturated rings. The van der Waals surface area contributed by atoms with E-state index in [-0.39, 0.29) is 28.6 Å². The highest BCUT2D eigenvalue weighted by Crippen LogP contribution is 2.23. The number of halogens is 3. The zero-order valence-electron chi connectivity index (χ0n) is 11.1. The molecule has 1 aromatic carbocycles. The van der Waals surface area contributed by atoms with E-state index in [0.717, 1.165) is 0 Å². The van der Waals surface area contributed by atoms with Crippen molar-refractivity contribution in [1.29, 1.82) is 0 Å². The van der Waals surface area contributed by atoms with Crippen molar-refractivity contribution < 1.29 is 13.5 Å². The van der Waals surface area contributed by atoms with Crippen molar-refractivity contribution in [1.82, 2.24) is 5.43 Å². The first-order valence-corrected chi connectivity index (χ1v) is 7.04. The highest BCUT2D eigenvalue weighted by Gasteiger charge is 2.23. The molecule has 0 aromatic heterocycles. The van der Waals surface area contributed by atoms with Gasteiger partial charge in [-0.2, -0.15) is 0 Å². The number of hydrogen-bond acceptors (Lipinski definition) is 3. The van der Waals surface area contributed by atoms with Gasteiger partial charge in [0.05, 0.1) is 16.6 Å². The van der Waals surface area contributed by atoms with E-state index in [1.54, 1.807) is 0 Å². The van der Waals surface area contributed by atoms with Gasteiger partial charge in [0.25, 0.3) is 0 Å². The van der Waals surface area contributed by atoms with Gasteiger partial charge < -0.3 is 4.74 Å². The maximum Gasteiger partial charge on any atom is 0.143 e. The van der Waals surface area contributed by atoms with Crippen LogP contribution in [0.25, 0.3) is 0 Å². The van der Waals surface area contributed by atoms with E-state index in [1.807, 2.05) is 13.8 Å². The summed E-state index contributed by atoms with van der Waals surface area (Å²) in [5, 5.41) is 0. The zero-order valence-corrected chi connectivity index (χ0v) is 12.6. The van der Waals surface area contributed by atoms with Crippen LogP contribution in [0.5, 0.6) is 0 Å². The summed E-state index contributed by atoms with van der Waals surface area (Å²) in [5.74, 6) is 4.31. The van der Waals surface area contributed by atoms with Crippen LogP contribution in [-0.2, 0) is 11.2 Å². The molecule has 19 heavy (non-hydrogen) atoms. The van der Waals surface area contributed by atoms with Gasteiger partial charge in [-0.05, 0) is 47.8 Å². The summed E-state index contributed by atoms with van der Waals surface area (Å²) in [7, 11) is 0. The van der Waals surface area contributed by atoms with E-state index in [2.05, 4.69) is 21.4 Å². The molecule has 108 valence electrons. The van der Waals surface area contributed by atoms with Crippen LogP contribution in [0.15, 0.2) is 16.6 Å². The minimum absolute atomic E-state index is 0.00970. The Morgan fingerprint density at radius 3 is 2.58 bits per heavy atom. The van der Waals surface area contributed by atoms with Crippen LogP contribution in [0.4, 0.5) is 8.78 Å². The van der Waals surface area contributed by atoms with E-state index in [4.69, 9.17) is 10.6 Å². The van der Waals surface area contributed by atoms with Crippen LogP contribution >= 0.6 is 15.9 Å². The molecular weight excluding hydrogens is 318 g/mol. The van der Waals surface area contributed by atoms with Crippen molar-refractivity contribution in [3.8, 4) is 0 Å². The maximum absolute atomic E-state index is 13.9. The minimum atomic E-state index is -0.591. The predicted molar refractivity (Wildman–Crippen MR) is 74.6 cm³/mol. The van der Waals surface area contributed by atoms with Crippen molar-refractivity contribution in [3.05, 3.63) is 33.8 Å². The lowest BCUT2D eigenvalue weighted by atomic mass is 9.99. The summed E-state index contributed by atoms with van der Waals surface area (Å²) >= 11 is 3.05. The summed E-state index contributed by atoms with van der Waals surface area (Å²) in [6, 6.07) is 2.24. The van der Waals surface area contributed by atoms with Gasteiger partial charge in [0, 0.05) is 12.2 Å². The van der Waals surface area contributed by atoms with E-state index in [1.165, 1.54) is 12.1 Å². The van der Waals surface area contributed by atoms with Crippen LogP contribution in [0, 0.1) is 11.6 Å². The quantitative estimate of drug-likeness (QED) is 0.457. The number of ether oxygens (including phenoxy) is 1. The number of rotatable bonds is 7. The fraction of sp³-hybridized carbons (Fsp3) is 0.538. The molecule has 0 saturated heterocycles. The van der Waals surface area contributed by atoms with E-state index >= 15 is 0 Å². The Morgan fingerprint density at radius 1 is 1.37 bits per heavy atom. The van der Waals surface area contributed by atoms with Crippen LogP contribution in [0.1, 0.15) is 25.8 Å². The molecule has 0 saturated carbocycles. The highest BCUT2D eigenvalue weighted by atomic mass is 79.9. The fourth-order valence-electron chi connectivity index (χ4n) is 2.01. The van der Waals surface area contributed by atoms with Gasteiger partial charge in [0.2, 0.25) is 0 Å². The molecule has 1 aromatic rings. The number of benzene rings is 1. The lowest BCUT2D eigenvalue weighted by Gasteiger charge is -2.26. The number of hydrazine groups is 1. The summed E-state index contributed by atoms with van der Waals surface area (Å²) < 4.78 is 33.4. The number of nitrogens with one attached hydrogen (secondary N) is 1. The Kier molecular flexibility index (Phi) is 6.85. The third-order valence-corrected chi connectivity index (χ3v) is 3.62. The van der Waals surface area contributed by atoms with Crippen molar-refractivity contribution in [2.24, 2.45) is 5.84 Å². The highest BCUT2D eigenvalue weighted by molar-refractivity contribution is 9.10. The van der Waals surface area contributed by atoms with Gasteiger partial charge in [0.15, 0.2) is 0 Å². The van der Waals surface area contributed by atoms with Crippen LogP contribution in [0.3, 0.4) is 0 Å². The SMILES string of the molecule is CCOC(CC)C(Cc1c(F)ccc(Br)c1F)NN. The van der Waals surface area contributed by atoms with Crippen molar-refractivity contribution in [3.63, 3.8) is 0 Å². The van der Waals surface area contributed by atoms with Gasteiger partial charge in [-0.15, -0.1) is 0 Å². The molecule has 0 spiro atoms. The van der Waals surface area contributed by atoms with Crippen LogP contribution in [-0.4, -0.2) is 18.8 Å². The predicted octanol–water partition coefficient (Wildman–Crippen LogP) is 2.92. The van der Waals surface area contributed by atoms with Crippen molar-refractivity contribution in [2.45, 2.75) is 38.8 Å². The molecule has 0 aliphatic rings. The van der Waals surface area contributed by atoms with Gasteiger partial charge in [-0.1, -0.05) is 6.92 Å². The van der Waals surface area contributed by atoms with Crippen molar-refractivity contribution >= 4 is 15.9 Å². The fourth-order valence-corrected chi connectivity index (χ4v) is 2.38. The molecule has 0 amide bonds. The third kappa shape index (κ3) is 4.21. The van der Waals surface area contributed by atoms with Gasteiger partial charge >= 0.3 is 0 Å². The second kappa shape index (κ2) is 7.89. The normalized spacial score (nSPS) is 14.4. The smallest absolute Gasteiger partial charge is 0.143 e. The Balaban J connectivity index is 2.95. The third-order valence-electron chi connectivity index (χ3n) is 3.01. The second-order valence-corrected chi connectivity index (χ2v) is 5.06. The summed E-state index contributed by atoms with van der Waals surface area (Å²) in [6.07, 6.45) is 0.652. The number of hydrogen-bond donors (Lipinski definition) is 2. The minimum Gasteiger partial charge on any atom is -0.377 e. The average molecular weight is 337 g/mol. The molecule has 3 N–H and O–H groups in total. The molecule has 3 nitrogen and oxygen atoms in total. The second-order valence-electron chi connectivity index (χ2n) is 4.20. The van der Waals surface area contributed by atoms with Gasteiger partial charge in [-0.25, -0.2) is 8.78 Å². The molecule has 2 atom stereocenters. The summed E-state index contributed by atoms with van der Waals surface area (Å²) in [5.41, 5.74) is 2.60. The summed E-state index contributed by atoms with van der Waals surface area (Å²) in [6.45, 7) is 4.34. The largest absolute Gasteiger partial charge is 0.377 e. The maximum atomic E-state index is 13.9. The molecule has 2 unspecified atom stereocenters. The van der Waals surface area contributed by atoms with Crippen LogP contribution in [0.2, 0.25) is 0 Å². The monoisotopic (exact) mass is 336 g/mol. The molecule has 1 rings (SSSR count). The molecule has 6 heteroatoms. The summed E-state index contributed by atoms with van der Waals surface area (Å²) in [4.78, 5) is 0.